The van der Waals surface area contributed by atoms with Crippen molar-refractivity contribution >= 4 is 35.0 Å². The molecule has 0 spiro atoms. The molecule has 1 aromatic carbocycles. The Kier molecular flexibility index (Phi) is 5.21. The molecule has 0 amide bonds. The molecule has 2 atom stereocenters. The smallest absolute Gasteiger partial charge is 0.125 e. The summed E-state index contributed by atoms with van der Waals surface area (Å²) in [7, 11) is 0. The van der Waals surface area contributed by atoms with Crippen molar-refractivity contribution < 1.29 is 0 Å². The lowest BCUT2D eigenvalue weighted by Crippen LogP contribution is -2.09. The second kappa shape index (κ2) is 6.91. The van der Waals surface area contributed by atoms with Gasteiger partial charge in [-0.25, -0.2) is 4.98 Å². The van der Waals surface area contributed by atoms with Crippen LogP contribution in [0.1, 0.15) is 16.3 Å². The lowest BCUT2D eigenvalue weighted by Gasteiger charge is -2.22. The van der Waals surface area contributed by atoms with Crippen LogP contribution in [-0.4, -0.2) is 15.3 Å². The van der Waals surface area contributed by atoms with Gasteiger partial charge in [0.25, 0.3) is 0 Å². The molecule has 1 heterocycles. The van der Waals surface area contributed by atoms with E-state index in [4.69, 9.17) is 29.6 Å². The zero-order valence-corrected chi connectivity index (χ0v) is 12.4. The third kappa shape index (κ3) is 3.70. The number of terminal acetylenes is 1. The van der Waals surface area contributed by atoms with E-state index in [1.54, 1.807) is 24.3 Å². The second-order valence-corrected chi connectivity index (χ2v) is 5.88. The number of aromatic nitrogens is 2. The fraction of sp³-hybridized carbons (Fsp3) is 0.214. The highest BCUT2D eigenvalue weighted by molar-refractivity contribution is 7.99. The number of benzene rings is 1. The van der Waals surface area contributed by atoms with Crippen molar-refractivity contribution in [3.63, 3.8) is 0 Å². The van der Waals surface area contributed by atoms with Gasteiger partial charge in [-0.15, -0.1) is 18.2 Å². The molecular formula is C14H12Cl2N2S. The van der Waals surface area contributed by atoms with Gasteiger partial charge in [-0.05, 0) is 17.7 Å². The highest BCUT2D eigenvalue weighted by Gasteiger charge is 2.22. The molecule has 0 bridgehead atoms. The number of alkyl halides is 1. The van der Waals surface area contributed by atoms with Gasteiger partial charge >= 0.3 is 0 Å². The van der Waals surface area contributed by atoms with Crippen LogP contribution in [0, 0.1) is 12.3 Å². The maximum atomic E-state index is 6.52. The summed E-state index contributed by atoms with van der Waals surface area (Å²) < 4.78 is 1.87. The summed E-state index contributed by atoms with van der Waals surface area (Å²) >= 11 is 14.1. The Morgan fingerprint density at radius 1 is 1.37 bits per heavy atom. The third-order valence-corrected chi connectivity index (χ3v) is 4.71. The highest BCUT2D eigenvalue weighted by atomic mass is 35.5. The van der Waals surface area contributed by atoms with Crippen molar-refractivity contribution in [3.8, 4) is 12.3 Å². The predicted molar refractivity (Wildman–Crippen MR) is 82.6 cm³/mol. The minimum atomic E-state index is -0.248. The minimum absolute atomic E-state index is 0.0455. The Bertz CT molecular complexity index is 546. The lowest BCUT2D eigenvalue weighted by molar-refractivity contribution is 0.651. The van der Waals surface area contributed by atoms with E-state index in [0.717, 1.165) is 5.56 Å². The molecule has 0 fully saturated rings. The maximum Gasteiger partial charge on any atom is 0.125 e. The van der Waals surface area contributed by atoms with Crippen molar-refractivity contribution in [3.05, 3.63) is 53.6 Å². The predicted octanol–water partition coefficient (Wildman–Crippen LogP) is 4.38. The molecule has 2 unspecified atom stereocenters. The Balaban J connectivity index is 2.25. The first-order valence-electron chi connectivity index (χ1n) is 5.64. The van der Waals surface area contributed by atoms with Crippen LogP contribution in [0.5, 0.6) is 0 Å². The zero-order valence-electron chi connectivity index (χ0n) is 10.0. The van der Waals surface area contributed by atoms with Gasteiger partial charge in [-0.2, -0.15) is 0 Å². The zero-order chi connectivity index (χ0) is 13.7. The SMILES string of the molecule is C#CCSC(c1ccc(Cl)cc1)C(Cl)n1ccnc1. The van der Waals surface area contributed by atoms with Crippen molar-refractivity contribution in [2.45, 2.75) is 10.8 Å². The molecule has 98 valence electrons. The van der Waals surface area contributed by atoms with E-state index in [9.17, 15) is 0 Å². The Hall–Kier alpha value is -1.08. The molecule has 0 radical (unpaired) electrons. The molecule has 0 aliphatic rings. The van der Waals surface area contributed by atoms with E-state index >= 15 is 0 Å². The maximum absolute atomic E-state index is 6.52. The van der Waals surface area contributed by atoms with Crippen LogP contribution in [0.4, 0.5) is 0 Å². The Morgan fingerprint density at radius 3 is 2.68 bits per heavy atom. The number of imidazole rings is 1. The molecule has 2 aromatic rings. The number of halogens is 2. The van der Waals surface area contributed by atoms with E-state index in [1.807, 2.05) is 35.0 Å². The number of nitrogens with zero attached hydrogens (tertiary/aromatic N) is 2. The number of hydrogen-bond donors (Lipinski definition) is 0. The summed E-state index contributed by atoms with van der Waals surface area (Å²) in [6.07, 6.45) is 10.6. The largest absolute Gasteiger partial charge is 0.319 e. The fourth-order valence-electron chi connectivity index (χ4n) is 1.70. The second-order valence-electron chi connectivity index (χ2n) is 3.87. The topological polar surface area (TPSA) is 17.8 Å². The van der Waals surface area contributed by atoms with Gasteiger partial charge in [0.15, 0.2) is 0 Å². The van der Waals surface area contributed by atoms with E-state index in [2.05, 4.69) is 10.9 Å². The number of rotatable bonds is 5. The molecule has 2 rings (SSSR count). The molecular weight excluding hydrogens is 299 g/mol. The lowest BCUT2D eigenvalue weighted by atomic mass is 10.1. The molecule has 2 nitrogen and oxygen atoms in total. The van der Waals surface area contributed by atoms with Crippen molar-refractivity contribution in [1.82, 2.24) is 9.55 Å². The average Bonchev–Trinajstić information content (AvgIpc) is 2.95. The summed E-state index contributed by atoms with van der Waals surface area (Å²) in [6.45, 7) is 0. The van der Waals surface area contributed by atoms with Gasteiger partial charge in [0, 0.05) is 17.4 Å². The van der Waals surface area contributed by atoms with Crippen LogP contribution in [0.15, 0.2) is 43.0 Å². The summed E-state index contributed by atoms with van der Waals surface area (Å²) in [5, 5.41) is 0.752. The highest BCUT2D eigenvalue weighted by Crippen LogP contribution is 2.41. The van der Waals surface area contributed by atoms with E-state index in [0.29, 0.717) is 10.8 Å². The van der Waals surface area contributed by atoms with Crippen molar-refractivity contribution in [2.24, 2.45) is 0 Å². The first-order valence-corrected chi connectivity index (χ1v) is 7.50. The minimum Gasteiger partial charge on any atom is -0.319 e. The van der Waals surface area contributed by atoms with Gasteiger partial charge in [-0.1, -0.05) is 41.3 Å². The first-order chi connectivity index (χ1) is 9.22. The molecule has 5 heteroatoms. The molecule has 0 saturated heterocycles. The summed E-state index contributed by atoms with van der Waals surface area (Å²) in [5.41, 5.74) is 0.848. The van der Waals surface area contributed by atoms with Crippen LogP contribution in [-0.2, 0) is 0 Å². The van der Waals surface area contributed by atoms with Crippen LogP contribution in [0.3, 0.4) is 0 Å². The summed E-state index contributed by atoms with van der Waals surface area (Å²) in [6, 6.07) is 7.67. The monoisotopic (exact) mass is 310 g/mol. The molecule has 19 heavy (non-hydrogen) atoms. The third-order valence-electron chi connectivity index (χ3n) is 2.60. The molecule has 0 aliphatic carbocycles. The summed E-state index contributed by atoms with van der Waals surface area (Å²) in [4.78, 5) is 4.02. The summed E-state index contributed by atoms with van der Waals surface area (Å²) in [5.74, 6) is 3.24. The van der Waals surface area contributed by atoms with Crippen LogP contribution in [0.2, 0.25) is 5.02 Å². The van der Waals surface area contributed by atoms with E-state index in [-0.39, 0.29) is 10.8 Å². The molecule has 0 aliphatic heterocycles. The van der Waals surface area contributed by atoms with E-state index in [1.165, 1.54) is 0 Å². The number of thioether (sulfide) groups is 1. The van der Waals surface area contributed by atoms with Crippen LogP contribution < -0.4 is 0 Å². The molecule has 0 N–H and O–H groups in total. The normalized spacial score (nSPS) is 13.7. The van der Waals surface area contributed by atoms with Gasteiger partial charge < -0.3 is 4.57 Å². The Morgan fingerprint density at radius 2 is 2.11 bits per heavy atom. The fourth-order valence-corrected chi connectivity index (χ4v) is 3.23. The van der Waals surface area contributed by atoms with Gasteiger partial charge in [0.05, 0.1) is 17.3 Å². The van der Waals surface area contributed by atoms with Crippen molar-refractivity contribution in [1.29, 1.82) is 0 Å². The Labute approximate surface area is 127 Å². The average molecular weight is 311 g/mol. The van der Waals surface area contributed by atoms with E-state index < -0.39 is 0 Å². The van der Waals surface area contributed by atoms with Crippen LogP contribution >= 0.6 is 35.0 Å². The van der Waals surface area contributed by atoms with Crippen molar-refractivity contribution in [2.75, 3.05) is 5.75 Å². The quantitative estimate of drug-likeness (QED) is 0.602. The first kappa shape index (κ1) is 14.3. The standard InChI is InChI=1S/C14H12Cl2N2S/c1-2-9-19-13(11-3-5-12(15)6-4-11)14(16)18-8-7-17-10-18/h1,3-8,10,13-14H,9H2. The van der Waals surface area contributed by atoms with Gasteiger partial charge in [0.2, 0.25) is 0 Å². The molecule has 0 saturated carbocycles. The number of hydrogen-bond acceptors (Lipinski definition) is 2. The van der Waals surface area contributed by atoms with Gasteiger partial charge in [0.1, 0.15) is 5.50 Å². The molecule has 1 aromatic heterocycles. The van der Waals surface area contributed by atoms with Crippen LogP contribution in [0.25, 0.3) is 0 Å². The van der Waals surface area contributed by atoms with Gasteiger partial charge in [-0.3, -0.25) is 0 Å².